The topological polar surface area (TPSA) is 63.3 Å². The number of hydrogen-bond acceptors (Lipinski definition) is 2. The van der Waals surface area contributed by atoms with Crippen LogP contribution in [0.2, 0.25) is 0 Å². The standard InChI is InChI=1S/C9H7F4NO2/c10-6-3-4(9(11,12)13)1-2-5(6)7(15)8(14)16/h1-3,7,15H,(H2,14,16). The number of nitrogens with two attached hydrogens (primary N) is 1. The molecular formula is C9H7F4NO2. The van der Waals surface area contributed by atoms with Crippen LogP contribution < -0.4 is 5.73 Å². The first kappa shape index (κ1) is 12.4. The highest BCUT2D eigenvalue weighted by Crippen LogP contribution is 2.31. The van der Waals surface area contributed by atoms with Gasteiger partial charge in [-0.2, -0.15) is 13.2 Å². The highest BCUT2D eigenvalue weighted by Gasteiger charge is 2.32. The molecule has 0 spiro atoms. The van der Waals surface area contributed by atoms with Crippen molar-refractivity contribution in [2.75, 3.05) is 0 Å². The van der Waals surface area contributed by atoms with E-state index in [0.29, 0.717) is 12.1 Å². The first-order chi connectivity index (χ1) is 7.23. The van der Waals surface area contributed by atoms with Gasteiger partial charge in [-0.1, -0.05) is 6.07 Å². The number of rotatable bonds is 2. The second kappa shape index (κ2) is 4.09. The number of carbonyl (C=O) groups excluding carboxylic acids is 1. The molecule has 7 heteroatoms. The van der Waals surface area contributed by atoms with Crippen molar-refractivity contribution in [1.29, 1.82) is 0 Å². The van der Waals surface area contributed by atoms with Crippen LogP contribution in [0, 0.1) is 5.82 Å². The largest absolute Gasteiger partial charge is 0.416 e. The second-order valence-corrected chi connectivity index (χ2v) is 3.04. The molecule has 0 saturated heterocycles. The molecule has 0 saturated carbocycles. The van der Waals surface area contributed by atoms with Gasteiger partial charge in [0.1, 0.15) is 5.82 Å². The first-order valence-electron chi connectivity index (χ1n) is 4.07. The third-order valence-electron chi connectivity index (χ3n) is 1.89. The number of carbonyl (C=O) groups is 1. The summed E-state index contributed by atoms with van der Waals surface area (Å²) in [4.78, 5) is 10.5. The number of aliphatic hydroxyl groups excluding tert-OH is 1. The minimum Gasteiger partial charge on any atom is -0.378 e. The van der Waals surface area contributed by atoms with Crippen LogP contribution in [0.4, 0.5) is 17.6 Å². The molecule has 0 bridgehead atoms. The van der Waals surface area contributed by atoms with Crippen molar-refractivity contribution in [3.8, 4) is 0 Å². The van der Waals surface area contributed by atoms with Crippen molar-refractivity contribution in [1.82, 2.24) is 0 Å². The van der Waals surface area contributed by atoms with Crippen molar-refractivity contribution < 1.29 is 27.5 Å². The van der Waals surface area contributed by atoms with E-state index in [2.05, 4.69) is 5.73 Å². The highest BCUT2D eigenvalue weighted by atomic mass is 19.4. The van der Waals surface area contributed by atoms with Gasteiger partial charge in [0.15, 0.2) is 6.10 Å². The minimum atomic E-state index is -4.68. The molecule has 1 aromatic rings. The maximum Gasteiger partial charge on any atom is 0.416 e. The summed E-state index contributed by atoms with van der Waals surface area (Å²) >= 11 is 0. The molecule has 0 radical (unpaired) electrons. The Kier molecular flexibility index (Phi) is 3.18. The maximum absolute atomic E-state index is 13.1. The van der Waals surface area contributed by atoms with E-state index < -0.39 is 35.1 Å². The molecule has 1 aromatic carbocycles. The summed E-state index contributed by atoms with van der Waals surface area (Å²) in [5.41, 5.74) is 2.90. The van der Waals surface area contributed by atoms with Gasteiger partial charge >= 0.3 is 6.18 Å². The van der Waals surface area contributed by atoms with Crippen molar-refractivity contribution in [3.05, 3.63) is 35.1 Å². The quantitative estimate of drug-likeness (QED) is 0.763. The lowest BCUT2D eigenvalue weighted by Gasteiger charge is -2.11. The van der Waals surface area contributed by atoms with Crippen LogP contribution in [-0.2, 0) is 11.0 Å². The van der Waals surface area contributed by atoms with Gasteiger partial charge in [0.25, 0.3) is 5.91 Å². The van der Waals surface area contributed by atoms with Crippen molar-refractivity contribution in [3.63, 3.8) is 0 Å². The molecular weight excluding hydrogens is 230 g/mol. The molecule has 1 amide bonds. The average Bonchev–Trinajstić information content (AvgIpc) is 2.15. The van der Waals surface area contributed by atoms with Gasteiger partial charge in [-0.25, -0.2) is 4.39 Å². The second-order valence-electron chi connectivity index (χ2n) is 3.04. The van der Waals surface area contributed by atoms with Crippen LogP contribution in [0.1, 0.15) is 17.2 Å². The number of aliphatic hydroxyl groups is 1. The Balaban J connectivity index is 3.15. The summed E-state index contributed by atoms with van der Waals surface area (Å²) in [5, 5.41) is 9.08. The lowest BCUT2D eigenvalue weighted by atomic mass is 10.1. The fraction of sp³-hybridized carbons (Fsp3) is 0.222. The summed E-state index contributed by atoms with van der Waals surface area (Å²) in [6.45, 7) is 0. The van der Waals surface area contributed by atoms with Crippen molar-refractivity contribution >= 4 is 5.91 Å². The van der Waals surface area contributed by atoms with Crippen LogP contribution >= 0.6 is 0 Å². The number of halogens is 4. The van der Waals surface area contributed by atoms with Crippen LogP contribution in [-0.4, -0.2) is 11.0 Å². The predicted molar refractivity (Wildman–Crippen MR) is 45.6 cm³/mol. The summed E-state index contributed by atoms with van der Waals surface area (Å²) < 4.78 is 49.5. The number of alkyl halides is 3. The van der Waals surface area contributed by atoms with Gasteiger partial charge in [0, 0.05) is 5.56 Å². The molecule has 1 rings (SSSR count). The zero-order valence-electron chi connectivity index (χ0n) is 7.75. The highest BCUT2D eigenvalue weighted by molar-refractivity contribution is 5.80. The van der Waals surface area contributed by atoms with Gasteiger partial charge in [-0.15, -0.1) is 0 Å². The van der Waals surface area contributed by atoms with Gasteiger partial charge in [-0.3, -0.25) is 4.79 Å². The smallest absolute Gasteiger partial charge is 0.378 e. The predicted octanol–water partition coefficient (Wildman–Crippen LogP) is 1.36. The minimum absolute atomic E-state index is 0.196. The Morgan fingerprint density at radius 1 is 1.38 bits per heavy atom. The Labute approximate surface area is 87.5 Å². The summed E-state index contributed by atoms with van der Waals surface area (Å²) in [5.74, 6) is -2.57. The Morgan fingerprint density at radius 3 is 2.31 bits per heavy atom. The fourth-order valence-electron chi connectivity index (χ4n) is 1.08. The Bertz CT molecular complexity index is 416. The molecule has 0 aromatic heterocycles. The van der Waals surface area contributed by atoms with E-state index in [9.17, 15) is 22.4 Å². The summed E-state index contributed by atoms with van der Waals surface area (Å²) in [6.07, 6.45) is -6.64. The summed E-state index contributed by atoms with van der Waals surface area (Å²) in [6, 6.07) is 1.43. The summed E-state index contributed by atoms with van der Waals surface area (Å²) in [7, 11) is 0. The maximum atomic E-state index is 13.1. The third kappa shape index (κ3) is 2.48. The first-order valence-corrected chi connectivity index (χ1v) is 4.07. The molecule has 3 nitrogen and oxygen atoms in total. The lowest BCUT2D eigenvalue weighted by Crippen LogP contribution is -2.22. The van der Waals surface area contributed by atoms with Crippen molar-refractivity contribution in [2.24, 2.45) is 5.73 Å². The van der Waals surface area contributed by atoms with Gasteiger partial charge < -0.3 is 10.8 Å². The Hall–Kier alpha value is -1.63. The molecule has 1 unspecified atom stereocenters. The van der Waals surface area contributed by atoms with Gasteiger partial charge in [0.2, 0.25) is 0 Å². The monoisotopic (exact) mass is 237 g/mol. The zero-order chi connectivity index (χ0) is 12.5. The molecule has 0 aliphatic rings. The normalized spacial score (nSPS) is 13.6. The average molecular weight is 237 g/mol. The molecule has 0 heterocycles. The van der Waals surface area contributed by atoms with E-state index in [1.54, 1.807) is 0 Å². The van der Waals surface area contributed by atoms with E-state index in [1.807, 2.05) is 0 Å². The van der Waals surface area contributed by atoms with Crippen LogP contribution in [0.25, 0.3) is 0 Å². The van der Waals surface area contributed by atoms with Gasteiger partial charge in [0.05, 0.1) is 5.56 Å². The number of hydrogen-bond donors (Lipinski definition) is 2. The van der Waals surface area contributed by atoms with E-state index in [-0.39, 0.29) is 6.07 Å². The molecule has 0 fully saturated rings. The number of primary amides is 1. The number of amides is 1. The number of benzene rings is 1. The molecule has 3 N–H and O–H groups in total. The SMILES string of the molecule is NC(=O)C(O)c1ccc(C(F)(F)F)cc1F. The van der Waals surface area contributed by atoms with Gasteiger partial charge in [-0.05, 0) is 12.1 Å². The molecule has 0 aliphatic carbocycles. The zero-order valence-corrected chi connectivity index (χ0v) is 7.75. The van der Waals surface area contributed by atoms with Crippen LogP contribution in [0.15, 0.2) is 18.2 Å². The molecule has 0 aliphatic heterocycles. The van der Waals surface area contributed by atoms with Crippen molar-refractivity contribution in [2.45, 2.75) is 12.3 Å². The molecule has 1 atom stereocenters. The van der Waals surface area contributed by atoms with Crippen LogP contribution in [0.3, 0.4) is 0 Å². The van der Waals surface area contributed by atoms with E-state index in [4.69, 9.17) is 5.11 Å². The fourth-order valence-corrected chi connectivity index (χ4v) is 1.08. The lowest BCUT2D eigenvalue weighted by molar-refractivity contribution is -0.137. The van der Waals surface area contributed by atoms with E-state index >= 15 is 0 Å². The molecule has 16 heavy (non-hydrogen) atoms. The molecule has 88 valence electrons. The van der Waals surface area contributed by atoms with Crippen LogP contribution in [0.5, 0.6) is 0 Å². The third-order valence-corrected chi connectivity index (χ3v) is 1.89. The Morgan fingerprint density at radius 2 is 1.94 bits per heavy atom. The van der Waals surface area contributed by atoms with E-state index in [0.717, 1.165) is 0 Å². The van der Waals surface area contributed by atoms with E-state index in [1.165, 1.54) is 0 Å².